The van der Waals surface area contributed by atoms with Crippen LogP contribution in [0.3, 0.4) is 0 Å². The molecule has 1 aliphatic rings. The van der Waals surface area contributed by atoms with Gasteiger partial charge in [0.2, 0.25) is 5.91 Å². The summed E-state index contributed by atoms with van der Waals surface area (Å²) < 4.78 is 25.3. The predicted octanol–water partition coefficient (Wildman–Crippen LogP) is 3.90. The zero-order chi connectivity index (χ0) is 24.2. The van der Waals surface area contributed by atoms with Crippen molar-refractivity contribution in [1.82, 2.24) is 9.78 Å². The highest BCUT2D eigenvalue weighted by atomic mass is 35.5. The number of carbonyl (C=O) groups is 1. The Morgan fingerprint density at radius 3 is 2.50 bits per heavy atom. The fourth-order valence-corrected chi connectivity index (χ4v) is 4.17. The van der Waals surface area contributed by atoms with Crippen molar-refractivity contribution in [3.8, 4) is 17.2 Å². The normalized spacial score (nSPS) is 14.1. The lowest BCUT2D eigenvalue weighted by molar-refractivity contribution is -0.120. The minimum Gasteiger partial charge on any atom is -0.495 e. The minimum absolute atomic E-state index is 0.128. The molecule has 1 aromatic heterocycles. The average Bonchev–Trinajstić information content (AvgIpc) is 2.84. The molecule has 1 amide bonds. The lowest BCUT2D eigenvalue weighted by Gasteiger charge is -2.32. The molecular formula is C24H24ClFN4O4. The first-order chi connectivity index (χ1) is 16.4. The van der Waals surface area contributed by atoms with Gasteiger partial charge in [-0.25, -0.2) is 4.39 Å². The molecule has 0 bridgehead atoms. The zero-order valence-electron chi connectivity index (χ0n) is 18.8. The molecule has 3 aromatic rings. The fraction of sp³-hybridized carbons (Fsp3) is 0.292. The van der Waals surface area contributed by atoms with E-state index in [4.69, 9.17) is 21.1 Å². The Kier molecular flexibility index (Phi) is 7.02. The Bertz CT molecular complexity index is 1260. The summed E-state index contributed by atoms with van der Waals surface area (Å²) in [5, 5.41) is 7.68. The third-order valence-corrected chi connectivity index (χ3v) is 6.06. The summed E-state index contributed by atoms with van der Waals surface area (Å²) in [6.45, 7) is 1.15. The van der Waals surface area contributed by atoms with Crippen LogP contribution in [0, 0.1) is 11.7 Å². The molecule has 10 heteroatoms. The quantitative estimate of drug-likeness (QED) is 0.569. The van der Waals surface area contributed by atoms with Gasteiger partial charge in [-0.05, 0) is 43.2 Å². The number of amides is 1. The summed E-state index contributed by atoms with van der Waals surface area (Å²) in [5.74, 6) is 0.713. The first-order valence-electron chi connectivity index (χ1n) is 10.7. The number of methoxy groups -OCH3 is 2. The van der Waals surface area contributed by atoms with Crippen molar-refractivity contribution in [3.63, 3.8) is 0 Å². The third-order valence-electron chi connectivity index (χ3n) is 5.76. The molecule has 34 heavy (non-hydrogen) atoms. The first-order valence-corrected chi connectivity index (χ1v) is 11.1. The highest BCUT2D eigenvalue weighted by Crippen LogP contribution is 2.36. The van der Waals surface area contributed by atoms with Gasteiger partial charge in [0, 0.05) is 31.1 Å². The number of carbonyl (C=O) groups excluding carboxylic acids is 1. The molecule has 0 atom stereocenters. The standard InChI is InChI=1S/C24H24ClFN4O4/c1-33-20-14-21(34-2)19(13-18(20)25)27-24(32)15-8-10-29(11-9-15)22-6-7-23(31)30(28-22)17-5-3-4-16(26)12-17/h3-7,12-15H,8-11H2,1-2H3,(H,27,32). The number of anilines is 2. The van der Waals surface area contributed by atoms with E-state index in [0.717, 1.165) is 0 Å². The molecule has 0 unspecified atom stereocenters. The van der Waals surface area contributed by atoms with Gasteiger partial charge in [0.1, 0.15) is 23.1 Å². The molecule has 0 saturated carbocycles. The van der Waals surface area contributed by atoms with Gasteiger partial charge in [0.15, 0.2) is 0 Å². The Balaban J connectivity index is 1.44. The number of piperidine rings is 1. The molecule has 4 rings (SSSR count). The summed E-state index contributed by atoms with van der Waals surface area (Å²) in [6.07, 6.45) is 1.19. The van der Waals surface area contributed by atoms with E-state index in [0.29, 0.717) is 59.6 Å². The van der Waals surface area contributed by atoms with E-state index in [1.807, 2.05) is 4.90 Å². The van der Waals surface area contributed by atoms with Gasteiger partial charge in [-0.1, -0.05) is 17.7 Å². The maximum absolute atomic E-state index is 13.6. The van der Waals surface area contributed by atoms with Crippen LogP contribution in [-0.4, -0.2) is 43.0 Å². The van der Waals surface area contributed by atoms with Crippen LogP contribution < -0.4 is 25.2 Å². The van der Waals surface area contributed by atoms with Crippen molar-refractivity contribution in [3.05, 3.63) is 69.7 Å². The largest absolute Gasteiger partial charge is 0.495 e. The zero-order valence-corrected chi connectivity index (χ0v) is 19.5. The number of halogens is 2. The van der Waals surface area contributed by atoms with E-state index in [2.05, 4.69) is 10.4 Å². The van der Waals surface area contributed by atoms with E-state index in [1.165, 1.54) is 43.2 Å². The van der Waals surface area contributed by atoms with Crippen molar-refractivity contribution in [1.29, 1.82) is 0 Å². The summed E-state index contributed by atoms with van der Waals surface area (Å²) >= 11 is 6.20. The van der Waals surface area contributed by atoms with Crippen LogP contribution in [0.1, 0.15) is 12.8 Å². The molecule has 2 aromatic carbocycles. The first kappa shape index (κ1) is 23.6. The van der Waals surface area contributed by atoms with E-state index >= 15 is 0 Å². The number of ether oxygens (including phenoxy) is 2. The molecule has 2 heterocycles. The van der Waals surface area contributed by atoms with Crippen LogP contribution in [0.4, 0.5) is 15.9 Å². The molecule has 1 N–H and O–H groups in total. The predicted molar refractivity (Wildman–Crippen MR) is 128 cm³/mol. The van der Waals surface area contributed by atoms with Gasteiger partial charge in [-0.15, -0.1) is 5.10 Å². The van der Waals surface area contributed by atoms with Crippen molar-refractivity contribution < 1.29 is 18.7 Å². The number of nitrogens with zero attached hydrogens (tertiary/aromatic N) is 3. The second kappa shape index (κ2) is 10.1. The second-order valence-electron chi connectivity index (χ2n) is 7.86. The van der Waals surface area contributed by atoms with Crippen molar-refractivity contribution in [2.75, 3.05) is 37.5 Å². The van der Waals surface area contributed by atoms with Gasteiger partial charge >= 0.3 is 0 Å². The van der Waals surface area contributed by atoms with Gasteiger partial charge in [0.05, 0.1) is 30.6 Å². The Labute approximate surface area is 200 Å². The Morgan fingerprint density at radius 2 is 1.82 bits per heavy atom. The molecule has 0 radical (unpaired) electrons. The van der Waals surface area contributed by atoms with E-state index < -0.39 is 5.82 Å². The Morgan fingerprint density at radius 1 is 1.09 bits per heavy atom. The van der Waals surface area contributed by atoms with Crippen LogP contribution in [0.25, 0.3) is 5.69 Å². The third kappa shape index (κ3) is 4.99. The molecule has 0 aliphatic carbocycles. The summed E-state index contributed by atoms with van der Waals surface area (Å²) in [7, 11) is 3.01. The van der Waals surface area contributed by atoms with Crippen LogP contribution in [-0.2, 0) is 4.79 Å². The monoisotopic (exact) mass is 486 g/mol. The van der Waals surface area contributed by atoms with Crippen molar-refractivity contribution in [2.24, 2.45) is 5.92 Å². The van der Waals surface area contributed by atoms with E-state index in [-0.39, 0.29) is 17.4 Å². The molecule has 1 saturated heterocycles. The number of rotatable bonds is 6. The van der Waals surface area contributed by atoms with Gasteiger partial charge < -0.3 is 19.7 Å². The Hall–Kier alpha value is -3.59. The average molecular weight is 487 g/mol. The summed E-state index contributed by atoms with van der Waals surface area (Å²) in [6, 6.07) is 12.0. The maximum Gasteiger partial charge on any atom is 0.271 e. The van der Waals surface area contributed by atoms with E-state index in [9.17, 15) is 14.0 Å². The van der Waals surface area contributed by atoms with Crippen LogP contribution >= 0.6 is 11.6 Å². The smallest absolute Gasteiger partial charge is 0.271 e. The topological polar surface area (TPSA) is 85.7 Å². The second-order valence-corrected chi connectivity index (χ2v) is 8.27. The van der Waals surface area contributed by atoms with E-state index in [1.54, 1.807) is 24.3 Å². The molecule has 0 spiro atoms. The van der Waals surface area contributed by atoms with Gasteiger partial charge in [0.25, 0.3) is 5.56 Å². The molecular weight excluding hydrogens is 463 g/mol. The van der Waals surface area contributed by atoms with Crippen LogP contribution in [0.2, 0.25) is 5.02 Å². The minimum atomic E-state index is -0.446. The number of nitrogens with one attached hydrogen (secondary N) is 1. The number of benzene rings is 2. The lowest BCUT2D eigenvalue weighted by atomic mass is 9.95. The molecule has 1 fully saturated rings. The summed E-state index contributed by atoms with van der Waals surface area (Å²) in [4.78, 5) is 27.2. The van der Waals surface area contributed by atoms with Crippen molar-refractivity contribution in [2.45, 2.75) is 12.8 Å². The highest BCUT2D eigenvalue weighted by molar-refractivity contribution is 6.32. The SMILES string of the molecule is COc1cc(OC)c(NC(=O)C2CCN(c3ccc(=O)n(-c4cccc(F)c4)n3)CC2)cc1Cl. The molecule has 1 aliphatic heterocycles. The number of hydrogen-bond acceptors (Lipinski definition) is 6. The van der Waals surface area contributed by atoms with Crippen LogP contribution in [0.5, 0.6) is 11.5 Å². The lowest BCUT2D eigenvalue weighted by Crippen LogP contribution is -2.39. The maximum atomic E-state index is 13.6. The van der Waals surface area contributed by atoms with Gasteiger partial charge in [-0.2, -0.15) is 4.68 Å². The van der Waals surface area contributed by atoms with Crippen molar-refractivity contribution >= 4 is 29.0 Å². The molecule has 178 valence electrons. The van der Waals surface area contributed by atoms with Gasteiger partial charge in [-0.3, -0.25) is 9.59 Å². The van der Waals surface area contributed by atoms with Crippen LogP contribution in [0.15, 0.2) is 53.3 Å². The molecule has 8 nitrogen and oxygen atoms in total. The highest BCUT2D eigenvalue weighted by Gasteiger charge is 2.27. The number of hydrogen-bond donors (Lipinski definition) is 1. The fourth-order valence-electron chi connectivity index (χ4n) is 3.93. The summed E-state index contributed by atoms with van der Waals surface area (Å²) in [5.41, 5.74) is 0.480. The number of aromatic nitrogens is 2.